The minimum atomic E-state index is -0.262. The Morgan fingerprint density at radius 2 is 1.79 bits per heavy atom. The van der Waals surface area contributed by atoms with Gasteiger partial charge in [-0.3, -0.25) is 9.59 Å². The summed E-state index contributed by atoms with van der Waals surface area (Å²) in [4.78, 5) is 26.6. The van der Waals surface area contributed by atoms with E-state index in [2.05, 4.69) is 17.4 Å². The van der Waals surface area contributed by atoms with Gasteiger partial charge in [0.05, 0.1) is 6.54 Å². The molecule has 1 saturated carbocycles. The molecule has 1 fully saturated rings. The van der Waals surface area contributed by atoms with Crippen LogP contribution in [0.5, 0.6) is 0 Å². The lowest BCUT2D eigenvalue weighted by Gasteiger charge is -2.16. The smallest absolute Gasteiger partial charge is 0.290 e. The van der Waals surface area contributed by atoms with Gasteiger partial charge in [-0.2, -0.15) is 11.8 Å². The molecule has 3 aromatic rings. The minimum absolute atomic E-state index is 0.0307. The molecule has 1 aliphatic carbocycles. The molecule has 1 aromatic heterocycles. The number of furan rings is 1. The fraction of sp³-hybridized carbons (Fsp3) is 0.304. The van der Waals surface area contributed by atoms with Crippen LogP contribution < -0.4 is 5.32 Å². The van der Waals surface area contributed by atoms with Crippen LogP contribution in [0.2, 0.25) is 0 Å². The van der Waals surface area contributed by atoms with Crippen molar-refractivity contribution in [1.82, 2.24) is 10.2 Å². The predicted molar refractivity (Wildman–Crippen MR) is 116 cm³/mol. The van der Waals surface area contributed by atoms with Crippen molar-refractivity contribution in [3.63, 3.8) is 0 Å². The third-order valence-corrected chi connectivity index (χ3v) is 5.95. The molecule has 4 rings (SSSR count). The molecule has 1 aliphatic rings. The van der Waals surface area contributed by atoms with E-state index in [-0.39, 0.29) is 24.4 Å². The first kappa shape index (κ1) is 19.6. The lowest BCUT2D eigenvalue weighted by molar-refractivity contribution is -0.121. The zero-order valence-corrected chi connectivity index (χ0v) is 17.2. The maximum atomic E-state index is 13.0. The molecule has 29 heavy (non-hydrogen) atoms. The van der Waals surface area contributed by atoms with Gasteiger partial charge in [0.25, 0.3) is 5.91 Å². The summed E-state index contributed by atoms with van der Waals surface area (Å²) in [6, 6.07) is 18.2. The number of amides is 2. The molecular formula is C23H24N2O3S. The van der Waals surface area contributed by atoms with Crippen molar-refractivity contribution in [2.75, 3.05) is 13.6 Å². The van der Waals surface area contributed by atoms with E-state index in [4.69, 9.17) is 4.42 Å². The number of hydrogen-bond donors (Lipinski definition) is 1. The summed E-state index contributed by atoms with van der Waals surface area (Å²) in [6.07, 6.45) is 2.05. The average molecular weight is 409 g/mol. The van der Waals surface area contributed by atoms with Gasteiger partial charge in [-0.05, 0) is 24.5 Å². The molecule has 1 heterocycles. The molecule has 2 aromatic carbocycles. The van der Waals surface area contributed by atoms with E-state index in [0.717, 1.165) is 29.5 Å². The summed E-state index contributed by atoms with van der Waals surface area (Å²) in [5, 5.41) is 3.87. The summed E-state index contributed by atoms with van der Waals surface area (Å²) < 4.78 is 5.92. The van der Waals surface area contributed by atoms with Crippen molar-refractivity contribution in [2.24, 2.45) is 0 Å². The highest BCUT2D eigenvalue weighted by Crippen LogP contribution is 2.31. The molecule has 5 nitrogen and oxygen atoms in total. The first-order valence-electron chi connectivity index (χ1n) is 9.78. The molecule has 0 atom stereocenters. The van der Waals surface area contributed by atoms with Crippen LogP contribution in [-0.2, 0) is 16.3 Å². The van der Waals surface area contributed by atoms with Gasteiger partial charge < -0.3 is 14.6 Å². The molecule has 2 amide bonds. The lowest BCUT2D eigenvalue weighted by Crippen LogP contribution is -2.39. The van der Waals surface area contributed by atoms with Crippen molar-refractivity contribution in [2.45, 2.75) is 30.4 Å². The number of para-hydroxylation sites is 1. The minimum Gasteiger partial charge on any atom is -0.451 e. The Balaban J connectivity index is 1.50. The highest BCUT2D eigenvalue weighted by atomic mass is 32.2. The maximum absolute atomic E-state index is 13.0. The molecule has 6 heteroatoms. The second-order valence-corrected chi connectivity index (χ2v) is 8.37. The molecule has 0 saturated heterocycles. The van der Waals surface area contributed by atoms with Gasteiger partial charge in [0.15, 0.2) is 5.76 Å². The zero-order chi connectivity index (χ0) is 20.2. The Labute approximate surface area is 174 Å². The molecular weight excluding hydrogens is 384 g/mol. The van der Waals surface area contributed by atoms with Crippen molar-refractivity contribution in [3.05, 3.63) is 71.5 Å². The number of thioether (sulfide) groups is 1. The van der Waals surface area contributed by atoms with Gasteiger partial charge >= 0.3 is 0 Å². The quantitative estimate of drug-likeness (QED) is 0.606. The summed E-state index contributed by atoms with van der Waals surface area (Å²) in [5.74, 6) is 1.46. The van der Waals surface area contributed by atoms with Crippen LogP contribution in [-0.4, -0.2) is 36.3 Å². The van der Waals surface area contributed by atoms with E-state index in [9.17, 15) is 9.59 Å². The van der Waals surface area contributed by atoms with Gasteiger partial charge in [0.1, 0.15) is 5.58 Å². The first-order chi connectivity index (χ1) is 14.1. The average Bonchev–Trinajstić information content (AvgIpc) is 3.47. The lowest BCUT2D eigenvalue weighted by atomic mass is 10.1. The number of benzene rings is 2. The van der Waals surface area contributed by atoms with Crippen molar-refractivity contribution < 1.29 is 14.0 Å². The van der Waals surface area contributed by atoms with Crippen LogP contribution >= 0.6 is 11.8 Å². The number of likely N-dealkylation sites (N-methyl/N-ethyl adjacent to an activating group) is 1. The number of fused-ring (bicyclic) bond motifs is 1. The number of nitrogens with one attached hydrogen (secondary N) is 1. The summed E-state index contributed by atoms with van der Waals surface area (Å²) in [5.41, 5.74) is 2.83. The van der Waals surface area contributed by atoms with Crippen LogP contribution in [0.15, 0.2) is 59.0 Å². The molecule has 0 bridgehead atoms. The Kier molecular flexibility index (Phi) is 5.90. The number of nitrogens with zero attached hydrogens (tertiary/aromatic N) is 1. The first-order valence-corrected chi connectivity index (χ1v) is 10.9. The fourth-order valence-corrected chi connectivity index (χ4v) is 4.24. The topological polar surface area (TPSA) is 62.6 Å². The molecule has 0 unspecified atom stereocenters. The Hall–Kier alpha value is -2.73. The normalized spacial score (nSPS) is 13.4. The summed E-state index contributed by atoms with van der Waals surface area (Å²) >= 11 is 1.74. The van der Waals surface area contributed by atoms with Crippen molar-refractivity contribution >= 4 is 34.5 Å². The van der Waals surface area contributed by atoms with Crippen molar-refractivity contribution in [3.8, 4) is 0 Å². The fourth-order valence-electron chi connectivity index (χ4n) is 3.22. The van der Waals surface area contributed by atoms with Crippen LogP contribution in [0, 0.1) is 0 Å². The Morgan fingerprint density at radius 3 is 2.55 bits per heavy atom. The number of hydrogen-bond acceptors (Lipinski definition) is 4. The van der Waals surface area contributed by atoms with E-state index in [1.165, 1.54) is 10.5 Å². The number of rotatable bonds is 8. The maximum Gasteiger partial charge on any atom is 0.290 e. The van der Waals surface area contributed by atoms with Gasteiger partial charge in [0, 0.05) is 35.5 Å². The second kappa shape index (κ2) is 8.74. The zero-order valence-electron chi connectivity index (χ0n) is 16.4. The number of carbonyl (C=O) groups is 2. The predicted octanol–water partition coefficient (Wildman–Crippen LogP) is 4.22. The highest BCUT2D eigenvalue weighted by Gasteiger charge is 2.27. The van der Waals surface area contributed by atoms with Gasteiger partial charge in [-0.1, -0.05) is 48.5 Å². The summed E-state index contributed by atoms with van der Waals surface area (Å²) in [7, 11) is 1.64. The second-order valence-electron chi connectivity index (χ2n) is 7.39. The van der Waals surface area contributed by atoms with E-state index in [0.29, 0.717) is 17.1 Å². The molecule has 150 valence electrons. The molecule has 0 spiro atoms. The third-order valence-electron chi connectivity index (χ3n) is 4.92. The van der Waals surface area contributed by atoms with Crippen molar-refractivity contribution in [1.29, 1.82) is 0 Å². The van der Waals surface area contributed by atoms with E-state index < -0.39 is 0 Å². The highest BCUT2D eigenvalue weighted by molar-refractivity contribution is 7.97. The largest absolute Gasteiger partial charge is 0.451 e. The van der Waals surface area contributed by atoms with Gasteiger partial charge in [0.2, 0.25) is 5.91 Å². The van der Waals surface area contributed by atoms with Crippen LogP contribution in [0.1, 0.15) is 34.5 Å². The molecule has 0 aliphatic heterocycles. The van der Waals surface area contributed by atoms with E-state index in [1.807, 2.05) is 42.5 Å². The van der Waals surface area contributed by atoms with Crippen LogP contribution in [0.25, 0.3) is 11.0 Å². The van der Waals surface area contributed by atoms with E-state index in [1.54, 1.807) is 18.8 Å². The van der Waals surface area contributed by atoms with Crippen LogP contribution in [0.3, 0.4) is 0 Å². The SMILES string of the molecule is CN(CC(=O)NC1CC1)C(=O)c1oc2ccccc2c1CSCc1ccccc1. The Bertz CT molecular complexity index is 1010. The standard InChI is InChI=1S/C23H24N2O3S/c1-25(13-21(26)24-17-11-12-17)23(27)22-19(18-9-5-6-10-20(18)28-22)15-29-14-16-7-3-2-4-8-16/h2-10,17H,11-15H2,1H3,(H,24,26). The monoisotopic (exact) mass is 408 g/mol. The molecule has 0 radical (unpaired) electrons. The third kappa shape index (κ3) is 4.82. The Morgan fingerprint density at radius 1 is 1.07 bits per heavy atom. The van der Waals surface area contributed by atoms with Gasteiger partial charge in [-0.15, -0.1) is 0 Å². The van der Waals surface area contributed by atoms with E-state index >= 15 is 0 Å². The van der Waals surface area contributed by atoms with Gasteiger partial charge in [-0.25, -0.2) is 0 Å². The summed E-state index contributed by atoms with van der Waals surface area (Å²) in [6.45, 7) is 0.0307. The van der Waals surface area contributed by atoms with Crippen LogP contribution in [0.4, 0.5) is 0 Å². The molecule has 1 N–H and O–H groups in total. The number of carbonyl (C=O) groups excluding carboxylic acids is 2.